The zero-order chi connectivity index (χ0) is 39.2. The number of carbonyl (C=O) groups excluding carboxylic acids is 3. The summed E-state index contributed by atoms with van der Waals surface area (Å²) in [6.45, 7) is 9.67. The molecule has 0 amide bonds. The highest BCUT2D eigenvalue weighted by Crippen LogP contribution is 2.29. The Bertz CT molecular complexity index is 2340. The van der Waals surface area contributed by atoms with E-state index in [9.17, 15) is 14.4 Å². The normalized spacial score (nSPS) is 11.9. The second kappa shape index (κ2) is 19.3. The summed E-state index contributed by atoms with van der Waals surface area (Å²) in [6.07, 6.45) is 8.50. The lowest BCUT2D eigenvalue weighted by molar-refractivity contribution is -0.138. The van der Waals surface area contributed by atoms with Crippen LogP contribution in [0.4, 0.5) is 0 Å². The summed E-state index contributed by atoms with van der Waals surface area (Å²) < 4.78 is 27.2. The standard InChI is InChI=1S/C45H42N2O8/c1-6-10-44(49)54-39-19-17-35-26-33(13-15-37(35)28-39)30(3)46-47-31(4)34-14-16-38-29-40(20-18-36(38)27-34)55-45(50)22-12-32-11-21-41(42(25-32)51-5)52-23-8-9-24-53-43(48)7-2/h6-7,10-22,25-29H,2,8-9,23-24H2,1,3-5H3/b10-6+,22-12+,46-30+,47-31+. The largest absolute Gasteiger partial charge is 0.493 e. The van der Waals surface area contributed by atoms with E-state index in [-0.39, 0.29) is 0 Å². The Kier molecular flexibility index (Phi) is 13.8. The molecule has 5 aromatic rings. The van der Waals surface area contributed by atoms with Gasteiger partial charge in [-0.25, -0.2) is 14.4 Å². The smallest absolute Gasteiger partial charge is 0.336 e. The number of carbonyl (C=O) groups is 3. The SMILES string of the molecule is C=CC(=O)OCCCCOc1ccc(/C=C/C(=O)Oc2ccc3cc(/C(C)=N/N=C(\C)c4ccc5cc(OC(=O)/C=C/C)ccc5c4)ccc3c2)cc1OC. The molecule has 0 aromatic heterocycles. The molecule has 10 nitrogen and oxygen atoms in total. The Hall–Kier alpha value is -6.81. The van der Waals surface area contributed by atoms with Crippen LogP contribution in [-0.2, 0) is 19.1 Å². The van der Waals surface area contributed by atoms with Crippen LogP contribution in [0.2, 0.25) is 0 Å². The molecule has 5 aromatic carbocycles. The number of rotatable bonds is 16. The van der Waals surface area contributed by atoms with Crippen molar-refractivity contribution in [2.45, 2.75) is 33.6 Å². The third-order valence-corrected chi connectivity index (χ3v) is 8.36. The summed E-state index contributed by atoms with van der Waals surface area (Å²) in [7, 11) is 1.55. The van der Waals surface area contributed by atoms with E-state index in [0.717, 1.165) is 55.7 Å². The molecular formula is C45H42N2O8. The number of allylic oxidation sites excluding steroid dienone is 1. The number of fused-ring (bicyclic) bond motifs is 2. The van der Waals surface area contributed by atoms with Gasteiger partial charge in [-0.15, -0.1) is 0 Å². The Morgan fingerprint density at radius 3 is 1.75 bits per heavy atom. The van der Waals surface area contributed by atoms with Crippen LogP contribution in [0, 0.1) is 0 Å². The highest BCUT2D eigenvalue weighted by Gasteiger charge is 2.09. The maximum atomic E-state index is 12.7. The van der Waals surface area contributed by atoms with Gasteiger partial charge >= 0.3 is 17.9 Å². The first-order chi connectivity index (χ1) is 26.6. The fraction of sp³-hybridized carbons (Fsp3) is 0.178. The summed E-state index contributed by atoms with van der Waals surface area (Å²) in [5.74, 6) is 0.615. The zero-order valence-electron chi connectivity index (χ0n) is 31.2. The number of hydrogen-bond donors (Lipinski definition) is 0. The summed E-state index contributed by atoms with van der Waals surface area (Å²) in [5.41, 5.74) is 4.07. The lowest BCUT2D eigenvalue weighted by atomic mass is 10.0. The Morgan fingerprint density at radius 2 is 1.18 bits per heavy atom. The molecule has 280 valence electrons. The summed E-state index contributed by atoms with van der Waals surface area (Å²) >= 11 is 0. The molecule has 0 spiro atoms. The van der Waals surface area contributed by atoms with Gasteiger partial charge in [0.25, 0.3) is 0 Å². The van der Waals surface area contributed by atoms with Crippen molar-refractivity contribution in [3.8, 4) is 23.0 Å². The molecule has 0 fully saturated rings. The van der Waals surface area contributed by atoms with Crippen LogP contribution in [0.15, 0.2) is 132 Å². The summed E-state index contributed by atoms with van der Waals surface area (Å²) in [4.78, 5) is 35.6. The predicted molar refractivity (Wildman–Crippen MR) is 216 cm³/mol. The predicted octanol–water partition coefficient (Wildman–Crippen LogP) is 9.22. The molecule has 0 N–H and O–H groups in total. The Labute approximate surface area is 320 Å². The Morgan fingerprint density at radius 1 is 0.636 bits per heavy atom. The van der Waals surface area contributed by atoms with Crippen LogP contribution in [0.25, 0.3) is 27.6 Å². The van der Waals surface area contributed by atoms with Crippen molar-refractivity contribution in [1.82, 2.24) is 0 Å². The fourth-order valence-electron chi connectivity index (χ4n) is 5.42. The van der Waals surface area contributed by atoms with E-state index in [0.29, 0.717) is 49.1 Å². The fourth-order valence-corrected chi connectivity index (χ4v) is 5.42. The van der Waals surface area contributed by atoms with Crippen LogP contribution < -0.4 is 18.9 Å². The summed E-state index contributed by atoms with van der Waals surface area (Å²) in [6, 6.07) is 28.2. The van der Waals surface area contributed by atoms with Crippen LogP contribution in [0.5, 0.6) is 23.0 Å². The molecular weight excluding hydrogens is 697 g/mol. The second-order valence-corrected chi connectivity index (χ2v) is 12.3. The third-order valence-electron chi connectivity index (χ3n) is 8.36. The number of esters is 3. The topological polar surface area (TPSA) is 122 Å². The lowest BCUT2D eigenvalue weighted by Crippen LogP contribution is -2.05. The first kappa shape index (κ1) is 39.4. The van der Waals surface area contributed by atoms with Crippen molar-refractivity contribution in [2.75, 3.05) is 20.3 Å². The quantitative estimate of drug-likeness (QED) is 0.0245. The maximum absolute atomic E-state index is 12.7. The molecule has 0 aliphatic carbocycles. The molecule has 0 heterocycles. The van der Waals surface area contributed by atoms with Crippen LogP contribution in [-0.4, -0.2) is 49.7 Å². The minimum absolute atomic E-state index is 0.301. The van der Waals surface area contributed by atoms with E-state index >= 15 is 0 Å². The van der Waals surface area contributed by atoms with Crippen LogP contribution in [0.3, 0.4) is 0 Å². The second-order valence-electron chi connectivity index (χ2n) is 12.3. The van der Waals surface area contributed by atoms with E-state index in [1.54, 1.807) is 50.5 Å². The van der Waals surface area contributed by atoms with E-state index in [1.165, 1.54) is 12.2 Å². The molecule has 55 heavy (non-hydrogen) atoms. The van der Waals surface area contributed by atoms with Gasteiger partial charge in [-0.3, -0.25) is 0 Å². The number of benzene rings is 5. The molecule has 5 rings (SSSR count). The van der Waals surface area contributed by atoms with Gasteiger partial charge in [0.15, 0.2) is 11.5 Å². The molecule has 0 saturated carbocycles. The highest BCUT2D eigenvalue weighted by molar-refractivity contribution is 6.05. The first-order valence-electron chi connectivity index (χ1n) is 17.7. The van der Waals surface area contributed by atoms with Gasteiger partial charge in [0.05, 0.1) is 31.7 Å². The van der Waals surface area contributed by atoms with Gasteiger partial charge in [-0.2, -0.15) is 10.2 Å². The molecule has 0 aliphatic rings. The number of hydrogen-bond acceptors (Lipinski definition) is 10. The number of unbranched alkanes of at least 4 members (excludes halogenated alkanes) is 1. The number of nitrogens with zero attached hydrogens (tertiary/aromatic N) is 2. The molecule has 0 unspecified atom stereocenters. The van der Waals surface area contributed by atoms with Crippen molar-refractivity contribution < 1.29 is 38.1 Å². The van der Waals surface area contributed by atoms with Crippen molar-refractivity contribution in [2.24, 2.45) is 10.2 Å². The minimum Gasteiger partial charge on any atom is -0.493 e. The Balaban J connectivity index is 1.16. The molecule has 0 atom stereocenters. The number of methoxy groups -OCH3 is 1. The van der Waals surface area contributed by atoms with Crippen molar-refractivity contribution >= 4 is 57.0 Å². The average molecular weight is 739 g/mol. The molecule has 10 heteroatoms. The maximum Gasteiger partial charge on any atom is 0.336 e. The zero-order valence-corrected chi connectivity index (χ0v) is 31.2. The van der Waals surface area contributed by atoms with Gasteiger partial charge in [-0.1, -0.05) is 55.1 Å². The van der Waals surface area contributed by atoms with Gasteiger partial charge in [-0.05, 0) is 126 Å². The summed E-state index contributed by atoms with van der Waals surface area (Å²) in [5, 5.41) is 12.8. The molecule has 0 bridgehead atoms. The van der Waals surface area contributed by atoms with E-state index in [2.05, 4.69) is 16.8 Å². The minimum atomic E-state index is -0.523. The number of ether oxygens (including phenoxy) is 5. The first-order valence-corrected chi connectivity index (χ1v) is 17.7. The van der Waals surface area contributed by atoms with E-state index in [4.69, 9.17) is 23.7 Å². The van der Waals surface area contributed by atoms with Gasteiger partial charge in [0, 0.05) is 18.2 Å². The molecule has 0 radical (unpaired) electrons. The van der Waals surface area contributed by atoms with E-state index in [1.807, 2.05) is 80.6 Å². The van der Waals surface area contributed by atoms with Crippen LogP contribution in [0.1, 0.15) is 50.3 Å². The van der Waals surface area contributed by atoms with Crippen molar-refractivity contribution in [1.29, 1.82) is 0 Å². The van der Waals surface area contributed by atoms with E-state index < -0.39 is 17.9 Å². The third kappa shape index (κ3) is 11.3. The van der Waals surface area contributed by atoms with Crippen molar-refractivity contribution in [3.63, 3.8) is 0 Å². The van der Waals surface area contributed by atoms with Gasteiger partial charge in [0.1, 0.15) is 11.5 Å². The van der Waals surface area contributed by atoms with Crippen LogP contribution >= 0.6 is 0 Å². The molecule has 0 aliphatic heterocycles. The van der Waals surface area contributed by atoms with Gasteiger partial charge < -0.3 is 23.7 Å². The average Bonchev–Trinajstić information content (AvgIpc) is 3.19. The molecule has 0 saturated heterocycles. The monoisotopic (exact) mass is 738 g/mol. The van der Waals surface area contributed by atoms with Gasteiger partial charge in [0.2, 0.25) is 0 Å². The van der Waals surface area contributed by atoms with Crippen molar-refractivity contribution in [3.05, 3.63) is 139 Å². The lowest BCUT2D eigenvalue weighted by Gasteiger charge is -2.11. The highest BCUT2D eigenvalue weighted by atomic mass is 16.5.